The van der Waals surface area contributed by atoms with Gasteiger partial charge in [0.05, 0.1) is 0 Å². The molecule has 0 amide bonds. The molecular formula is C17H28N2. The van der Waals surface area contributed by atoms with Crippen molar-refractivity contribution in [3.8, 4) is 0 Å². The molecule has 0 spiro atoms. The number of nitrogens with two attached hydrogens (primary N) is 1. The zero-order valence-electron chi connectivity index (χ0n) is 12.9. The quantitative estimate of drug-likeness (QED) is 0.903. The van der Waals surface area contributed by atoms with Crippen LogP contribution in [0.3, 0.4) is 0 Å². The van der Waals surface area contributed by atoms with Crippen molar-refractivity contribution in [1.82, 2.24) is 0 Å². The van der Waals surface area contributed by atoms with Crippen LogP contribution >= 0.6 is 0 Å². The molecule has 1 fully saturated rings. The van der Waals surface area contributed by atoms with Gasteiger partial charge in [0.1, 0.15) is 0 Å². The molecule has 1 aromatic rings. The number of aryl methyl sites for hydroxylation is 2. The van der Waals surface area contributed by atoms with Crippen LogP contribution in [0.1, 0.15) is 45.2 Å². The molecule has 1 saturated heterocycles. The van der Waals surface area contributed by atoms with Crippen molar-refractivity contribution < 1.29 is 0 Å². The number of hydrogen-bond acceptors (Lipinski definition) is 2. The molecule has 1 aromatic carbocycles. The monoisotopic (exact) mass is 260 g/mol. The summed E-state index contributed by atoms with van der Waals surface area (Å²) in [6, 6.07) is 6.98. The van der Waals surface area contributed by atoms with Crippen LogP contribution in [0.5, 0.6) is 0 Å². The highest BCUT2D eigenvalue weighted by Gasteiger charge is 2.33. The smallest absolute Gasteiger partial charge is 0.0431 e. The first-order valence-electron chi connectivity index (χ1n) is 7.61. The Hall–Kier alpha value is -1.02. The number of benzene rings is 1. The van der Waals surface area contributed by atoms with Crippen LogP contribution < -0.4 is 10.6 Å². The third-order valence-corrected chi connectivity index (χ3v) is 4.73. The van der Waals surface area contributed by atoms with Gasteiger partial charge in [0.2, 0.25) is 0 Å². The second kappa shape index (κ2) is 5.54. The molecule has 2 rings (SSSR count). The van der Waals surface area contributed by atoms with Gasteiger partial charge in [-0.25, -0.2) is 0 Å². The van der Waals surface area contributed by atoms with Crippen molar-refractivity contribution in [1.29, 1.82) is 0 Å². The van der Waals surface area contributed by atoms with Gasteiger partial charge in [0, 0.05) is 24.8 Å². The molecule has 1 aliphatic rings. The number of para-hydroxylation sites is 1. The minimum absolute atomic E-state index is 0.260. The van der Waals surface area contributed by atoms with Gasteiger partial charge >= 0.3 is 0 Å². The molecule has 2 heteroatoms. The van der Waals surface area contributed by atoms with Gasteiger partial charge in [-0.1, -0.05) is 45.9 Å². The highest BCUT2D eigenvalue weighted by molar-refractivity contribution is 5.60. The minimum atomic E-state index is 0.260. The Labute approximate surface area is 118 Å². The molecule has 19 heavy (non-hydrogen) atoms. The van der Waals surface area contributed by atoms with Gasteiger partial charge in [-0.2, -0.15) is 0 Å². The first-order chi connectivity index (χ1) is 8.99. The predicted octanol–water partition coefficient (Wildman–Crippen LogP) is 3.38. The van der Waals surface area contributed by atoms with Crippen molar-refractivity contribution in [2.45, 2.75) is 53.0 Å². The van der Waals surface area contributed by atoms with E-state index >= 15 is 0 Å². The van der Waals surface area contributed by atoms with Crippen LogP contribution in [0, 0.1) is 5.41 Å². The lowest BCUT2D eigenvalue weighted by atomic mass is 9.78. The first kappa shape index (κ1) is 14.4. The standard InChI is InChI=1S/C17H28N2/c1-5-13-8-7-9-14(6-2)16(13)19-11-10-17(3,4)15(18)12-19/h7-9,15H,5-6,10-12,18H2,1-4H3. The molecule has 0 radical (unpaired) electrons. The summed E-state index contributed by atoms with van der Waals surface area (Å²) in [6.07, 6.45) is 3.37. The van der Waals surface area contributed by atoms with E-state index in [0.717, 1.165) is 25.9 Å². The molecule has 0 aromatic heterocycles. The molecule has 1 heterocycles. The fourth-order valence-electron chi connectivity index (χ4n) is 3.01. The molecule has 106 valence electrons. The summed E-state index contributed by atoms with van der Waals surface area (Å²) in [6.45, 7) is 11.2. The minimum Gasteiger partial charge on any atom is -0.369 e. The van der Waals surface area contributed by atoms with E-state index in [1.807, 2.05) is 0 Å². The zero-order chi connectivity index (χ0) is 14.0. The van der Waals surface area contributed by atoms with Crippen LogP contribution in [0.25, 0.3) is 0 Å². The largest absolute Gasteiger partial charge is 0.369 e. The molecule has 0 aliphatic carbocycles. The molecule has 1 atom stereocenters. The van der Waals surface area contributed by atoms with E-state index in [-0.39, 0.29) is 11.5 Å². The summed E-state index contributed by atoms with van der Waals surface area (Å²) in [7, 11) is 0. The maximum Gasteiger partial charge on any atom is 0.0431 e. The number of hydrogen-bond donors (Lipinski definition) is 1. The summed E-state index contributed by atoms with van der Waals surface area (Å²) < 4.78 is 0. The second-order valence-electron chi connectivity index (χ2n) is 6.42. The molecular weight excluding hydrogens is 232 g/mol. The molecule has 2 nitrogen and oxygen atoms in total. The Balaban J connectivity index is 2.32. The average Bonchev–Trinajstić information content (AvgIpc) is 2.41. The maximum absolute atomic E-state index is 6.38. The van der Waals surface area contributed by atoms with Crippen LogP contribution in [0.4, 0.5) is 5.69 Å². The lowest BCUT2D eigenvalue weighted by Crippen LogP contribution is -2.53. The summed E-state index contributed by atoms with van der Waals surface area (Å²) in [4.78, 5) is 2.52. The topological polar surface area (TPSA) is 29.3 Å². The van der Waals surface area contributed by atoms with Gasteiger partial charge in [-0.05, 0) is 35.8 Å². The van der Waals surface area contributed by atoms with E-state index in [0.29, 0.717) is 0 Å². The van der Waals surface area contributed by atoms with E-state index in [1.54, 1.807) is 0 Å². The van der Waals surface area contributed by atoms with E-state index in [2.05, 4.69) is 50.8 Å². The van der Waals surface area contributed by atoms with Crippen LogP contribution in [-0.4, -0.2) is 19.1 Å². The zero-order valence-corrected chi connectivity index (χ0v) is 12.9. The van der Waals surface area contributed by atoms with Gasteiger partial charge in [0.25, 0.3) is 0 Å². The lowest BCUT2D eigenvalue weighted by molar-refractivity contribution is 0.235. The number of nitrogens with zero attached hydrogens (tertiary/aromatic N) is 1. The van der Waals surface area contributed by atoms with E-state index in [9.17, 15) is 0 Å². The Morgan fingerprint density at radius 2 is 1.79 bits per heavy atom. The highest BCUT2D eigenvalue weighted by Crippen LogP contribution is 2.35. The fourth-order valence-corrected chi connectivity index (χ4v) is 3.01. The van der Waals surface area contributed by atoms with E-state index in [1.165, 1.54) is 23.2 Å². The highest BCUT2D eigenvalue weighted by atomic mass is 15.2. The predicted molar refractivity (Wildman–Crippen MR) is 83.8 cm³/mol. The SMILES string of the molecule is CCc1cccc(CC)c1N1CCC(C)(C)C(N)C1. The van der Waals surface area contributed by atoms with Crippen molar-refractivity contribution in [3.05, 3.63) is 29.3 Å². The Morgan fingerprint density at radius 3 is 2.26 bits per heavy atom. The van der Waals surface area contributed by atoms with Crippen molar-refractivity contribution in [3.63, 3.8) is 0 Å². The Bertz CT molecular complexity index is 415. The van der Waals surface area contributed by atoms with Crippen LogP contribution in [0.15, 0.2) is 18.2 Å². The van der Waals surface area contributed by atoms with Gasteiger partial charge in [-0.3, -0.25) is 0 Å². The first-order valence-corrected chi connectivity index (χ1v) is 7.61. The number of rotatable bonds is 3. The van der Waals surface area contributed by atoms with Crippen molar-refractivity contribution in [2.75, 3.05) is 18.0 Å². The molecule has 1 unspecified atom stereocenters. The van der Waals surface area contributed by atoms with Crippen LogP contribution in [-0.2, 0) is 12.8 Å². The van der Waals surface area contributed by atoms with Crippen molar-refractivity contribution >= 4 is 5.69 Å². The average molecular weight is 260 g/mol. The summed E-state index contributed by atoms with van der Waals surface area (Å²) in [5.41, 5.74) is 11.0. The molecule has 1 aliphatic heterocycles. The third-order valence-electron chi connectivity index (χ3n) is 4.73. The second-order valence-corrected chi connectivity index (χ2v) is 6.42. The van der Waals surface area contributed by atoms with Crippen LogP contribution in [0.2, 0.25) is 0 Å². The molecule has 2 N–H and O–H groups in total. The Kier molecular flexibility index (Phi) is 4.19. The van der Waals surface area contributed by atoms with E-state index in [4.69, 9.17) is 5.73 Å². The van der Waals surface area contributed by atoms with Gasteiger partial charge < -0.3 is 10.6 Å². The third kappa shape index (κ3) is 2.79. The summed E-state index contributed by atoms with van der Waals surface area (Å²) >= 11 is 0. The molecule has 0 saturated carbocycles. The summed E-state index contributed by atoms with van der Waals surface area (Å²) in [5.74, 6) is 0. The number of anilines is 1. The van der Waals surface area contributed by atoms with Gasteiger partial charge in [0.15, 0.2) is 0 Å². The van der Waals surface area contributed by atoms with Crippen molar-refractivity contribution in [2.24, 2.45) is 11.1 Å². The lowest BCUT2D eigenvalue weighted by Gasteiger charge is -2.44. The Morgan fingerprint density at radius 1 is 1.21 bits per heavy atom. The van der Waals surface area contributed by atoms with E-state index < -0.39 is 0 Å². The summed E-state index contributed by atoms with van der Waals surface area (Å²) in [5, 5.41) is 0. The van der Waals surface area contributed by atoms with Gasteiger partial charge in [-0.15, -0.1) is 0 Å². The fraction of sp³-hybridized carbons (Fsp3) is 0.647. The normalized spacial score (nSPS) is 22.6. The number of piperidine rings is 1. The molecule has 0 bridgehead atoms. The maximum atomic E-state index is 6.38.